The van der Waals surface area contributed by atoms with Gasteiger partial charge in [-0.25, -0.2) is 14.4 Å². The predicted molar refractivity (Wildman–Crippen MR) is 91.0 cm³/mol. The maximum absolute atomic E-state index is 13.1. The number of likely N-dealkylation sites (N-methyl/N-ethyl adjacent to an activating group) is 1. The molecule has 2 rings (SSSR count). The highest BCUT2D eigenvalue weighted by molar-refractivity contribution is 5.83. The molecule has 2 aromatic rings. The Morgan fingerprint density at radius 1 is 1.17 bits per heavy atom. The van der Waals surface area contributed by atoms with Gasteiger partial charge in [0.1, 0.15) is 17.7 Å². The number of hydrogen-bond donors (Lipinski definition) is 1. The molecule has 0 saturated heterocycles. The lowest BCUT2D eigenvalue weighted by atomic mass is 10.1. The molecule has 0 bridgehead atoms. The number of nitrogens with one attached hydrogen (secondary N) is 1. The molecule has 1 unspecified atom stereocenters. The van der Waals surface area contributed by atoms with Crippen LogP contribution in [0.4, 0.5) is 4.39 Å². The van der Waals surface area contributed by atoms with Crippen LogP contribution in [-0.2, 0) is 11.2 Å². The van der Waals surface area contributed by atoms with Crippen LogP contribution in [0.2, 0.25) is 0 Å². The number of benzene rings is 1. The van der Waals surface area contributed by atoms with Gasteiger partial charge in [-0.3, -0.25) is 9.69 Å². The van der Waals surface area contributed by atoms with Crippen molar-refractivity contribution in [2.24, 2.45) is 0 Å². The average Bonchev–Trinajstić information content (AvgIpc) is 2.48. The van der Waals surface area contributed by atoms with Crippen LogP contribution in [0.15, 0.2) is 30.3 Å². The quantitative estimate of drug-likeness (QED) is 0.882. The minimum absolute atomic E-state index is 0.129. The van der Waals surface area contributed by atoms with E-state index in [4.69, 9.17) is 0 Å². The Morgan fingerprint density at radius 3 is 2.29 bits per heavy atom. The molecule has 128 valence electrons. The molecule has 6 heteroatoms. The number of hydrogen-bond acceptors (Lipinski definition) is 4. The van der Waals surface area contributed by atoms with Crippen molar-refractivity contribution < 1.29 is 9.18 Å². The fourth-order valence-electron chi connectivity index (χ4n) is 2.63. The zero-order valence-electron chi connectivity index (χ0n) is 14.5. The Bertz CT molecular complexity index is 680. The van der Waals surface area contributed by atoms with E-state index in [1.807, 2.05) is 34.0 Å². The summed E-state index contributed by atoms with van der Waals surface area (Å²) in [6.45, 7) is 4.30. The van der Waals surface area contributed by atoms with E-state index in [0.29, 0.717) is 13.0 Å². The van der Waals surface area contributed by atoms with E-state index >= 15 is 0 Å². The molecule has 0 saturated carbocycles. The summed E-state index contributed by atoms with van der Waals surface area (Å²) in [4.78, 5) is 23.0. The van der Waals surface area contributed by atoms with E-state index in [1.54, 1.807) is 17.0 Å². The summed E-state index contributed by atoms with van der Waals surface area (Å²) >= 11 is 0. The van der Waals surface area contributed by atoms with Gasteiger partial charge >= 0.3 is 0 Å². The Balaban J connectivity index is 1.99. The van der Waals surface area contributed by atoms with Gasteiger partial charge in [0, 0.05) is 24.4 Å². The van der Waals surface area contributed by atoms with Gasteiger partial charge in [-0.15, -0.1) is 0 Å². The molecule has 1 aromatic heterocycles. The molecule has 5 nitrogen and oxygen atoms in total. The molecule has 1 amide bonds. The van der Waals surface area contributed by atoms with E-state index in [9.17, 15) is 9.18 Å². The maximum Gasteiger partial charge on any atom is 0.241 e. The fourth-order valence-corrected chi connectivity index (χ4v) is 2.63. The van der Waals surface area contributed by atoms with E-state index in [2.05, 4.69) is 15.3 Å². The van der Waals surface area contributed by atoms with Crippen molar-refractivity contribution >= 4 is 5.91 Å². The monoisotopic (exact) mass is 330 g/mol. The largest absolute Gasteiger partial charge is 0.354 e. The van der Waals surface area contributed by atoms with E-state index in [-0.39, 0.29) is 11.7 Å². The Morgan fingerprint density at radius 2 is 1.75 bits per heavy atom. The summed E-state index contributed by atoms with van der Waals surface area (Å²) < 4.78 is 13.1. The topological polar surface area (TPSA) is 58.1 Å². The molecule has 0 spiro atoms. The van der Waals surface area contributed by atoms with Crippen LogP contribution in [0.25, 0.3) is 0 Å². The second kappa shape index (κ2) is 7.97. The zero-order valence-corrected chi connectivity index (χ0v) is 14.5. The summed E-state index contributed by atoms with van der Waals surface area (Å²) in [5.74, 6) is 0.274. The highest BCUT2D eigenvalue weighted by Gasteiger charge is 2.22. The molecule has 0 aliphatic carbocycles. The average molecular weight is 330 g/mol. The second-order valence-electron chi connectivity index (χ2n) is 6.03. The fraction of sp³-hybridized carbons (Fsp3) is 0.389. The number of halogens is 1. The third kappa shape index (κ3) is 4.83. The van der Waals surface area contributed by atoms with Crippen molar-refractivity contribution in [2.45, 2.75) is 26.3 Å². The van der Waals surface area contributed by atoms with E-state index < -0.39 is 6.04 Å². The molecule has 0 aliphatic rings. The van der Waals surface area contributed by atoms with Crippen LogP contribution in [0.1, 0.15) is 28.8 Å². The maximum atomic E-state index is 13.1. The molecule has 24 heavy (non-hydrogen) atoms. The molecule has 1 heterocycles. The number of rotatable bonds is 6. The molecule has 0 aliphatic heterocycles. The smallest absolute Gasteiger partial charge is 0.241 e. The highest BCUT2D eigenvalue weighted by atomic mass is 19.1. The minimum atomic E-state index is -0.467. The lowest BCUT2D eigenvalue weighted by Crippen LogP contribution is -2.38. The number of aryl methyl sites for hydroxylation is 2. The van der Waals surface area contributed by atoms with Crippen molar-refractivity contribution in [1.29, 1.82) is 0 Å². The lowest BCUT2D eigenvalue weighted by Gasteiger charge is -2.23. The third-order valence-electron chi connectivity index (χ3n) is 3.63. The van der Waals surface area contributed by atoms with Gasteiger partial charge in [-0.05, 0) is 51.7 Å². The normalized spacial score (nSPS) is 12.2. The van der Waals surface area contributed by atoms with Crippen LogP contribution in [0.5, 0.6) is 0 Å². The highest BCUT2D eigenvalue weighted by Crippen LogP contribution is 2.18. The number of nitrogens with zero attached hydrogens (tertiary/aromatic N) is 3. The van der Waals surface area contributed by atoms with Gasteiger partial charge in [0.2, 0.25) is 5.91 Å². The third-order valence-corrected chi connectivity index (χ3v) is 3.63. The number of carbonyl (C=O) groups excluding carboxylic acids is 1. The van der Waals surface area contributed by atoms with Crippen molar-refractivity contribution in [3.05, 3.63) is 58.9 Å². The Hall–Kier alpha value is -2.34. The molecule has 0 radical (unpaired) electrons. The molecular weight excluding hydrogens is 307 g/mol. The van der Waals surface area contributed by atoms with Gasteiger partial charge in [0.25, 0.3) is 0 Å². The molecule has 1 N–H and O–H groups in total. The first-order valence-electron chi connectivity index (χ1n) is 7.87. The van der Waals surface area contributed by atoms with Crippen LogP contribution in [0.3, 0.4) is 0 Å². The predicted octanol–water partition coefficient (Wildman–Crippen LogP) is 2.19. The van der Waals surface area contributed by atoms with Crippen molar-refractivity contribution in [2.75, 3.05) is 20.6 Å². The summed E-state index contributed by atoms with van der Waals surface area (Å²) in [6, 6.07) is 7.44. The first-order valence-corrected chi connectivity index (χ1v) is 7.87. The summed E-state index contributed by atoms with van der Waals surface area (Å²) in [5, 5.41) is 2.91. The molecule has 1 aromatic carbocycles. The Labute approximate surface area is 141 Å². The van der Waals surface area contributed by atoms with Gasteiger partial charge < -0.3 is 5.32 Å². The van der Waals surface area contributed by atoms with Gasteiger partial charge in [0.15, 0.2) is 0 Å². The minimum Gasteiger partial charge on any atom is -0.354 e. The summed E-state index contributed by atoms with van der Waals surface area (Å²) in [6.07, 6.45) is 0.567. The van der Waals surface area contributed by atoms with Gasteiger partial charge in [-0.1, -0.05) is 12.1 Å². The molecular formula is C18H23FN4O. The van der Waals surface area contributed by atoms with Crippen LogP contribution < -0.4 is 5.32 Å². The van der Waals surface area contributed by atoms with Gasteiger partial charge in [-0.2, -0.15) is 0 Å². The number of carbonyl (C=O) groups is 1. The van der Waals surface area contributed by atoms with E-state index in [1.165, 1.54) is 12.1 Å². The van der Waals surface area contributed by atoms with Gasteiger partial charge in [0.05, 0.1) is 0 Å². The van der Waals surface area contributed by atoms with Crippen LogP contribution >= 0.6 is 0 Å². The number of amides is 1. The summed E-state index contributed by atoms with van der Waals surface area (Å²) in [7, 11) is 3.64. The standard InChI is InChI=1S/C18H23FN4O/c1-12-11-13(2)22-16(21-12)9-10-20-18(24)17(23(3)4)14-5-7-15(19)8-6-14/h5-8,11,17H,9-10H2,1-4H3,(H,20,24). The van der Waals surface area contributed by atoms with E-state index in [0.717, 1.165) is 22.8 Å². The first kappa shape index (κ1) is 18.0. The number of aromatic nitrogens is 2. The van der Waals surface area contributed by atoms with Crippen molar-refractivity contribution in [1.82, 2.24) is 20.2 Å². The first-order chi connectivity index (χ1) is 11.4. The zero-order chi connectivity index (χ0) is 17.7. The summed E-state index contributed by atoms with van der Waals surface area (Å²) in [5.41, 5.74) is 2.59. The molecule has 0 fully saturated rings. The van der Waals surface area contributed by atoms with Crippen molar-refractivity contribution in [3.63, 3.8) is 0 Å². The Kier molecular flexibility index (Phi) is 5.98. The molecule has 1 atom stereocenters. The van der Waals surface area contributed by atoms with Crippen LogP contribution in [-0.4, -0.2) is 41.4 Å². The SMILES string of the molecule is Cc1cc(C)nc(CCNC(=O)C(c2ccc(F)cc2)N(C)C)n1. The van der Waals surface area contributed by atoms with Crippen molar-refractivity contribution in [3.8, 4) is 0 Å². The van der Waals surface area contributed by atoms with Crippen LogP contribution in [0, 0.1) is 19.7 Å². The second-order valence-corrected chi connectivity index (χ2v) is 6.03. The lowest BCUT2D eigenvalue weighted by molar-refractivity contribution is -0.125.